The molecule has 106 valence electrons. The van der Waals surface area contributed by atoms with Crippen LogP contribution >= 0.6 is 0 Å². The first-order valence-electron chi connectivity index (χ1n) is 7.42. The molecular formula is C17H22N2O. The zero-order valence-corrected chi connectivity index (χ0v) is 12.1. The van der Waals surface area contributed by atoms with Crippen molar-refractivity contribution in [3.05, 3.63) is 35.4 Å². The molecule has 3 nitrogen and oxygen atoms in total. The van der Waals surface area contributed by atoms with Crippen LogP contribution in [0.5, 0.6) is 0 Å². The van der Waals surface area contributed by atoms with Gasteiger partial charge in [-0.15, -0.1) is 0 Å². The second-order valence-electron chi connectivity index (χ2n) is 5.76. The second-order valence-corrected chi connectivity index (χ2v) is 5.76. The number of hydrogen-bond donors (Lipinski definition) is 0. The maximum absolute atomic E-state index is 12.2. The molecule has 0 aliphatic heterocycles. The zero-order valence-electron chi connectivity index (χ0n) is 12.1. The first-order valence-corrected chi connectivity index (χ1v) is 7.42. The maximum atomic E-state index is 12.2. The molecule has 0 aromatic heterocycles. The molecule has 20 heavy (non-hydrogen) atoms. The molecule has 1 aromatic carbocycles. The third-order valence-electron chi connectivity index (χ3n) is 4.12. The summed E-state index contributed by atoms with van der Waals surface area (Å²) >= 11 is 0. The van der Waals surface area contributed by atoms with E-state index < -0.39 is 0 Å². The van der Waals surface area contributed by atoms with Gasteiger partial charge in [0, 0.05) is 13.6 Å². The lowest BCUT2D eigenvalue weighted by molar-refractivity contribution is -0.129. The summed E-state index contributed by atoms with van der Waals surface area (Å²) in [6.07, 6.45) is 6.90. The molecule has 1 aromatic rings. The van der Waals surface area contributed by atoms with Crippen LogP contribution in [0.3, 0.4) is 0 Å². The number of amides is 1. The van der Waals surface area contributed by atoms with Crippen molar-refractivity contribution in [1.29, 1.82) is 5.26 Å². The monoisotopic (exact) mass is 270 g/mol. The Bertz CT molecular complexity index is 481. The number of nitriles is 1. The minimum atomic E-state index is 0.167. The lowest BCUT2D eigenvalue weighted by atomic mass is 9.89. The Kier molecular flexibility index (Phi) is 5.17. The Balaban J connectivity index is 1.85. The molecule has 0 heterocycles. The summed E-state index contributed by atoms with van der Waals surface area (Å²) in [4.78, 5) is 14.1. The van der Waals surface area contributed by atoms with Crippen LogP contribution in [0.15, 0.2) is 24.3 Å². The van der Waals surface area contributed by atoms with Crippen molar-refractivity contribution in [2.75, 3.05) is 13.6 Å². The fourth-order valence-electron chi connectivity index (χ4n) is 2.87. The molecule has 3 heteroatoms. The van der Waals surface area contributed by atoms with E-state index in [0.717, 1.165) is 12.1 Å². The smallest absolute Gasteiger partial charge is 0.226 e. The van der Waals surface area contributed by atoms with Crippen molar-refractivity contribution >= 4 is 5.91 Å². The summed E-state index contributed by atoms with van der Waals surface area (Å²) in [5, 5.41) is 8.76. The highest BCUT2D eigenvalue weighted by atomic mass is 16.2. The van der Waals surface area contributed by atoms with Crippen molar-refractivity contribution in [2.45, 2.75) is 38.5 Å². The van der Waals surface area contributed by atoms with Gasteiger partial charge >= 0.3 is 0 Å². The van der Waals surface area contributed by atoms with Crippen LogP contribution in [-0.4, -0.2) is 24.4 Å². The Morgan fingerprint density at radius 2 is 1.90 bits per heavy atom. The average Bonchev–Trinajstić information content (AvgIpc) is 2.49. The fraction of sp³-hybridized carbons (Fsp3) is 0.529. The lowest BCUT2D eigenvalue weighted by Crippen LogP contribution is -2.33. The van der Waals surface area contributed by atoms with E-state index in [-0.39, 0.29) is 5.91 Å². The largest absolute Gasteiger partial charge is 0.345 e. The van der Waals surface area contributed by atoms with Gasteiger partial charge in [0.15, 0.2) is 0 Å². The molecular weight excluding hydrogens is 248 g/mol. The number of hydrogen-bond acceptors (Lipinski definition) is 2. The number of carbonyl (C=O) groups excluding carboxylic acids is 1. The van der Waals surface area contributed by atoms with Crippen LogP contribution in [0.25, 0.3) is 0 Å². The summed E-state index contributed by atoms with van der Waals surface area (Å²) in [5.74, 6) is 0.846. The van der Waals surface area contributed by atoms with E-state index in [1.807, 2.05) is 24.1 Å². The highest BCUT2D eigenvalue weighted by Gasteiger charge is 2.18. The van der Waals surface area contributed by atoms with Gasteiger partial charge in [0.2, 0.25) is 5.91 Å². The predicted octanol–water partition coefficient (Wildman–Crippen LogP) is 3.14. The van der Waals surface area contributed by atoms with Crippen molar-refractivity contribution in [2.24, 2.45) is 5.92 Å². The zero-order chi connectivity index (χ0) is 14.4. The SMILES string of the molecule is CN(CC1CCCCC1)C(=O)Cc1ccc(C#N)cc1. The maximum Gasteiger partial charge on any atom is 0.226 e. The van der Waals surface area contributed by atoms with Gasteiger partial charge in [-0.05, 0) is 36.5 Å². The number of nitrogens with zero attached hydrogens (tertiary/aromatic N) is 2. The molecule has 0 bridgehead atoms. The van der Waals surface area contributed by atoms with Gasteiger partial charge in [0.25, 0.3) is 0 Å². The van der Waals surface area contributed by atoms with E-state index in [1.165, 1.54) is 32.1 Å². The van der Waals surface area contributed by atoms with Crippen LogP contribution < -0.4 is 0 Å². The van der Waals surface area contributed by atoms with E-state index in [2.05, 4.69) is 6.07 Å². The van der Waals surface area contributed by atoms with Gasteiger partial charge in [-0.1, -0.05) is 31.4 Å². The lowest BCUT2D eigenvalue weighted by Gasteiger charge is -2.27. The predicted molar refractivity (Wildman–Crippen MR) is 79.1 cm³/mol. The first kappa shape index (κ1) is 14.6. The van der Waals surface area contributed by atoms with Crippen LogP contribution in [0.2, 0.25) is 0 Å². The molecule has 0 spiro atoms. The highest BCUT2D eigenvalue weighted by Crippen LogP contribution is 2.24. The number of carbonyl (C=O) groups is 1. The van der Waals surface area contributed by atoms with Crippen LogP contribution in [0, 0.1) is 17.2 Å². The van der Waals surface area contributed by atoms with E-state index in [1.54, 1.807) is 12.1 Å². The van der Waals surface area contributed by atoms with Crippen LogP contribution in [-0.2, 0) is 11.2 Å². The third kappa shape index (κ3) is 4.09. The Morgan fingerprint density at radius 1 is 1.25 bits per heavy atom. The number of likely N-dealkylation sites (N-methyl/N-ethyl adjacent to an activating group) is 1. The van der Waals surface area contributed by atoms with Gasteiger partial charge in [0.1, 0.15) is 0 Å². The molecule has 0 atom stereocenters. The molecule has 1 saturated carbocycles. The summed E-state index contributed by atoms with van der Waals surface area (Å²) in [7, 11) is 1.90. The molecule has 0 saturated heterocycles. The van der Waals surface area contributed by atoms with Crippen molar-refractivity contribution in [3.63, 3.8) is 0 Å². The second kappa shape index (κ2) is 7.09. The van der Waals surface area contributed by atoms with E-state index in [4.69, 9.17) is 5.26 Å². The number of benzene rings is 1. The highest BCUT2D eigenvalue weighted by molar-refractivity contribution is 5.78. The quantitative estimate of drug-likeness (QED) is 0.843. The normalized spacial score (nSPS) is 15.6. The molecule has 1 fully saturated rings. The summed E-state index contributed by atoms with van der Waals surface area (Å²) in [6.45, 7) is 0.884. The molecule has 1 amide bonds. The van der Waals surface area contributed by atoms with Gasteiger partial charge < -0.3 is 4.90 Å². The van der Waals surface area contributed by atoms with Gasteiger partial charge in [-0.2, -0.15) is 5.26 Å². The summed E-state index contributed by atoms with van der Waals surface area (Å²) < 4.78 is 0. The van der Waals surface area contributed by atoms with E-state index >= 15 is 0 Å². The van der Waals surface area contributed by atoms with Crippen molar-refractivity contribution in [3.8, 4) is 6.07 Å². The Labute approximate surface area is 121 Å². The number of rotatable bonds is 4. The topological polar surface area (TPSA) is 44.1 Å². The average molecular weight is 270 g/mol. The molecule has 0 N–H and O–H groups in total. The molecule has 2 rings (SSSR count). The van der Waals surface area contributed by atoms with Gasteiger partial charge in [-0.3, -0.25) is 4.79 Å². The fourth-order valence-corrected chi connectivity index (χ4v) is 2.87. The standard InChI is InChI=1S/C17H22N2O/c1-19(13-16-5-3-2-4-6-16)17(20)11-14-7-9-15(12-18)10-8-14/h7-10,16H,2-6,11,13H2,1H3. The molecule has 1 aliphatic carbocycles. The summed E-state index contributed by atoms with van der Waals surface area (Å²) in [6, 6.07) is 9.36. The molecule has 0 radical (unpaired) electrons. The Morgan fingerprint density at radius 3 is 2.50 bits per heavy atom. The van der Waals surface area contributed by atoms with Crippen LogP contribution in [0.1, 0.15) is 43.2 Å². The Hall–Kier alpha value is -1.82. The minimum absolute atomic E-state index is 0.167. The molecule has 0 unspecified atom stereocenters. The first-order chi connectivity index (χ1) is 9.69. The van der Waals surface area contributed by atoms with Crippen LogP contribution in [0.4, 0.5) is 0 Å². The van der Waals surface area contributed by atoms with E-state index in [9.17, 15) is 4.79 Å². The molecule has 1 aliphatic rings. The van der Waals surface area contributed by atoms with Gasteiger partial charge in [0.05, 0.1) is 18.1 Å². The third-order valence-corrected chi connectivity index (χ3v) is 4.12. The van der Waals surface area contributed by atoms with Crippen molar-refractivity contribution < 1.29 is 4.79 Å². The van der Waals surface area contributed by atoms with Crippen molar-refractivity contribution in [1.82, 2.24) is 4.90 Å². The minimum Gasteiger partial charge on any atom is -0.345 e. The van der Waals surface area contributed by atoms with E-state index in [0.29, 0.717) is 17.9 Å². The summed E-state index contributed by atoms with van der Waals surface area (Å²) in [5.41, 5.74) is 1.61. The van der Waals surface area contributed by atoms with Gasteiger partial charge in [-0.25, -0.2) is 0 Å².